The van der Waals surface area contributed by atoms with E-state index in [-0.39, 0.29) is 0 Å². The summed E-state index contributed by atoms with van der Waals surface area (Å²) in [6.07, 6.45) is 1.90. The molecule has 3 aromatic rings. The summed E-state index contributed by atoms with van der Waals surface area (Å²) in [5, 5.41) is 19.2. The summed E-state index contributed by atoms with van der Waals surface area (Å²) in [6, 6.07) is 3.98. The molecule has 6 heteroatoms. The van der Waals surface area contributed by atoms with Gasteiger partial charge in [0.15, 0.2) is 0 Å². The fourth-order valence-electron chi connectivity index (χ4n) is 2.60. The van der Waals surface area contributed by atoms with Gasteiger partial charge in [-0.3, -0.25) is 0 Å². The number of nitrogens with zero attached hydrogens (tertiary/aromatic N) is 1. The zero-order chi connectivity index (χ0) is 16.4. The molecule has 3 rings (SSSR count). The molecule has 0 aliphatic heterocycles. The van der Waals surface area contributed by atoms with Crippen molar-refractivity contribution in [1.82, 2.24) is 10.3 Å². The van der Waals surface area contributed by atoms with Crippen molar-refractivity contribution in [3.05, 3.63) is 51.1 Å². The summed E-state index contributed by atoms with van der Waals surface area (Å²) in [4.78, 5) is 5.61. The minimum atomic E-state index is -0.956. The van der Waals surface area contributed by atoms with Crippen LogP contribution in [0.1, 0.15) is 28.9 Å². The molecule has 3 heterocycles. The summed E-state index contributed by atoms with van der Waals surface area (Å²) in [5.41, 5.74) is 1.05. The van der Waals surface area contributed by atoms with Gasteiger partial charge in [-0.2, -0.15) is 11.3 Å². The van der Waals surface area contributed by atoms with Crippen LogP contribution in [0.5, 0.6) is 0 Å². The number of aliphatic hydroxyl groups is 1. The Labute approximate surface area is 143 Å². The molecule has 0 fully saturated rings. The van der Waals surface area contributed by atoms with E-state index in [0.717, 1.165) is 27.0 Å². The normalized spacial score (nSPS) is 14.1. The van der Waals surface area contributed by atoms with Gasteiger partial charge in [-0.25, -0.2) is 4.98 Å². The van der Waals surface area contributed by atoms with Gasteiger partial charge in [0.25, 0.3) is 0 Å². The van der Waals surface area contributed by atoms with Crippen molar-refractivity contribution in [2.24, 2.45) is 0 Å². The molecular weight excluding hydrogens is 328 g/mol. The molecule has 0 amide bonds. The molecule has 0 spiro atoms. The highest BCUT2D eigenvalue weighted by Crippen LogP contribution is 2.28. The van der Waals surface area contributed by atoms with Gasteiger partial charge in [0, 0.05) is 40.7 Å². The van der Waals surface area contributed by atoms with Crippen LogP contribution in [-0.4, -0.2) is 16.6 Å². The van der Waals surface area contributed by atoms with Crippen LogP contribution in [-0.2, 0) is 12.1 Å². The van der Waals surface area contributed by atoms with Crippen LogP contribution in [0.3, 0.4) is 0 Å². The third-order valence-corrected chi connectivity index (χ3v) is 5.44. The van der Waals surface area contributed by atoms with Crippen LogP contribution in [0, 0.1) is 13.8 Å². The quantitative estimate of drug-likeness (QED) is 0.705. The van der Waals surface area contributed by atoms with Crippen molar-refractivity contribution in [3.63, 3.8) is 0 Å². The zero-order valence-corrected chi connectivity index (χ0v) is 15.1. The maximum Gasteiger partial charge on any atom is 0.124 e. The van der Waals surface area contributed by atoms with Crippen molar-refractivity contribution < 1.29 is 9.52 Å². The summed E-state index contributed by atoms with van der Waals surface area (Å²) >= 11 is 3.35. The molecule has 0 bridgehead atoms. The first-order valence-electron chi connectivity index (χ1n) is 7.43. The standard InChI is InChI=1S/C17H20N2O2S2/c1-11-6-15(12(2)21-11)17(3,20)10-18-7-14-8-19-16(23-14)13-4-5-22-9-13/h4-6,8-9,18,20H,7,10H2,1-3H3. The van der Waals surface area contributed by atoms with Crippen molar-refractivity contribution in [3.8, 4) is 10.6 Å². The lowest BCUT2D eigenvalue weighted by atomic mass is 9.96. The Hall–Kier alpha value is -1.47. The SMILES string of the molecule is Cc1cc(C(C)(O)CNCc2cnc(-c3ccsc3)s2)c(C)o1. The topological polar surface area (TPSA) is 58.3 Å². The molecule has 2 N–H and O–H groups in total. The second-order valence-electron chi connectivity index (χ2n) is 5.85. The predicted molar refractivity (Wildman–Crippen MR) is 94.9 cm³/mol. The molecule has 0 saturated heterocycles. The number of thiophene rings is 1. The molecular formula is C17H20N2O2S2. The van der Waals surface area contributed by atoms with Crippen LogP contribution in [0.4, 0.5) is 0 Å². The third-order valence-electron chi connectivity index (χ3n) is 3.71. The van der Waals surface area contributed by atoms with E-state index in [9.17, 15) is 5.11 Å². The van der Waals surface area contributed by atoms with E-state index in [1.54, 1.807) is 29.6 Å². The van der Waals surface area contributed by atoms with Crippen LogP contribution < -0.4 is 5.32 Å². The van der Waals surface area contributed by atoms with E-state index < -0.39 is 5.60 Å². The average Bonchev–Trinajstić information content (AvgIpc) is 3.19. The van der Waals surface area contributed by atoms with E-state index in [4.69, 9.17) is 4.42 Å². The van der Waals surface area contributed by atoms with Crippen molar-refractivity contribution >= 4 is 22.7 Å². The number of hydrogen-bond donors (Lipinski definition) is 2. The fraction of sp³-hybridized carbons (Fsp3) is 0.353. The Morgan fingerprint density at radius 2 is 2.22 bits per heavy atom. The largest absolute Gasteiger partial charge is 0.466 e. The molecule has 1 unspecified atom stereocenters. The summed E-state index contributed by atoms with van der Waals surface area (Å²) in [5.74, 6) is 1.59. The number of aromatic nitrogens is 1. The molecule has 122 valence electrons. The second-order valence-corrected chi connectivity index (χ2v) is 7.74. The number of rotatable bonds is 6. The predicted octanol–water partition coefficient (Wildman–Crippen LogP) is 4.08. The highest BCUT2D eigenvalue weighted by Gasteiger charge is 2.27. The Morgan fingerprint density at radius 3 is 2.87 bits per heavy atom. The average molecular weight is 348 g/mol. The number of thiazole rings is 1. The van der Waals surface area contributed by atoms with E-state index in [0.29, 0.717) is 13.1 Å². The Morgan fingerprint density at radius 1 is 1.39 bits per heavy atom. The number of aryl methyl sites for hydroxylation is 2. The summed E-state index contributed by atoms with van der Waals surface area (Å²) in [7, 11) is 0. The van der Waals surface area contributed by atoms with E-state index in [1.807, 2.05) is 26.1 Å². The molecule has 1 atom stereocenters. The van der Waals surface area contributed by atoms with Gasteiger partial charge >= 0.3 is 0 Å². The van der Waals surface area contributed by atoms with Crippen LogP contribution in [0.15, 0.2) is 33.5 Å². The molecule has 0 aliphatic rings. The lowest BCUT2D eigenvalue weighted by molar-refractivity contribution is 0.0552. The van der Waals surface area contributed by atoms with Gasteiger partial charge in [-0.1, -0.05) is 0 Å². The second kappa shape index (κ2) is 6.57. The van der Waals surface area contributed by atoms with Gasteiger partial charge < -0.3 is 14.8 Å². The molecule has 0 aromatic carbocycles. The maximum absolute atomic E-state index is 10.7. The summed E-state index contributed by atoms with van der Waals surface area (Å²) in [6.45, 7) is 6.73. The van der Waals surface area contributed by atoms with Gasteiger partial charge in [0.1, 0.15) is 22.1 Å². The molecule has 0 radical (unpaired) electrons. The lowest BCUT2D eigenvalue weighted by Gasteiger charge is -2.23. The van der Waals surface area contributed by atoms with Crippen molar-refractivity contribution in [1.29, 1.82) is 0 Å². The van der Waals surface area contributed by atoms with E-state index >= 15 is 0 Å². The Kier molecular flexibility index (Phi) is 4.68. The van der Waals surface area contributed by atoms with Crippen LogP contribution in [0.2, 0.25) is 0 Å². The molecule has 23 heavy (non-hydrogen) atoms. The van der Waals surface area contributed by atoms with Gasteiger partial charge in [0.2, 0.25) is 0 Å². The highest BCUT2D eigenvalue weighted by atomic mass is 32.1. The number of nitrogens with one attached hydrogen (secondary N) is 1. The Balaban J connectivity index is 1.60. The van der Waals surface area contributed by atoms with Crippen LogP contribution in [0.25, 0.3) is 10.6 Å². The molecule has 4 nitrogen and oxygen atoms in total. The molecule has 0 saturated carbocycles. The zero-order valence-electron chi connectivity index (χ0n) is 13.4. The van der Waals surface area contributed by atoms with Crippen LogP contribution >= 0.6 is 22.7 Å². The lowest BCUT2D eigenvalue weighted by Crippen LogP contribution is -2.35. The molecule has 0 aliphatic carbocycles. The third kappa shape index (κ3) is 3.72. The summed E-state index contributed by atoms with van der Waals surface area (Å²) < 4.78 is 5.52. The number of furan rings is 1. The van der Waals surface area contributed by atoms with Gasteiger partial charge in [0.05, 0.1) is 0 Å². The van der Waals surface area contributed by atoms with Crippen molar-refractivity contribution in [2.75, 3.05) is 6.54 Å². The fourth-order valence-corrected chi connectivity index (χ4v) is 4.19. The minimum absolute atomic E-state index is 0.457. The highest BCUT2D eigenvalue weighted by molar-refractivity contribution is 7.15. The van der Waals surface area contributed by atoms with Crippen molar-refractivity contribution in [2.45, 2.75) is 32.9 Å². The minimum Gasteiger partial charge on any atom is -0.466 e. The first kappa shape index (κ1) is 16.4. The van der Waals surface area contributed by atoms with E-state index in [2.05, 4.69) is 27.1 Å². The first-order chi connectivity index (χ1) is 11.0. The van der Waals surface area contributed by atoms with Gasteiger partial charge in [-0.05, 0) is 38.3 Å². The monoisotopic (exact) mass is 348 g/mol. The van der Waals surface area contributed by atoms with E-state index in [1.165, 1.54) is 5.56 Å². The first-order valence-corrected chi connectivity index (χ1v) is 9.19. The Bertz CT molecular complexity index is 772. The molecule has 3 aromatic heterocycles. The maximum atomic E-state index is 10.7. The van der Waals surface area contributed by atoms with Gasteiger partial charge in [-0.15, -0.1) is 11.3 Å². The number of hydrogen-bond acceptors (Lipinski definition) is 6. The smallest absolute Gasteiger partial charge is 0.124 e.